The minimum Gasteiger partial charge on any atom is -0.383 e. The highest BCUT2D eigenvalue weighted by Crippen LogP contribution is 2.33. The molecule has 5 heteroatoms. The van der Waals surface area contributed by atoms with Crippen molar-refractivity contribution in [1.82, 2.24) is 15.5 Å². The molecule has 2 bridgehead atoms. The van der Waals surface area contributed by atoms with Crippen LogP contribution in [0.4, 0.5) is 0 Å². The van der Waals surface area contributed by atoms with E-state index in [1.165, 1.54) is 38.5 Å². The second-order valence-corrected chi connectivity index (χ2v) is 6.38. The van der Waals surface area contributed by atoms with Crippen LogP contribution in [0.5, 0.6) is 0 Å². The van der Waals surface area contributed by atoms with E-state index < -0.39 is 0 Å². The van der Waals surface area contributed by atoms with Crippen LogP contribution < -0.4 is 10.6 Å². The van der Waals surface area contributed by atoms with Crippen molar-refractivity contribution in [3.63, 3.8) is 0 Å². The monoisotopic (exact) mass is 297 g/mol. The molecule has 21 heavy (non-hydrogen) atoms. The number of fused-ring (bicyclic) bond motifs is 2. The van der Waals surface area contributed by atoms with E-state index >= 15 is 0 Å². The van der Waals surface area contributed by atoms with Crippen LogP contribution >= 0.6 is 0 Å². The van der Waals surface area contributed by atoms with Crippen molar-refractivity contribution in [3.05, 3.63) is 0 Å². The van der Waals surface area contributed by atoms with Crippen molar-refractivity contribution >= 4 is 5.91 Å². The molecule has 2 aliphatic rings. The predicted molar refractivity (Wildman–Crippen MR) is 84.3 cm³/mol. The molecule has 5 nitrogen and oxygen atoms in total. The highest BCUT2D eigenvalue weighted by molar-refractivity contribution is 5.78. The molecule has 2 heterocycles. The third-order valence-electron chi connectivity index (χ3n) is 4.76. The van der Waals surface area contributed by atoms with Gasteiger partial charge in [0.05, 0.1) is 13.2 Å². The van der Waals surface area contributed by atoms with Gasteiger partial charge >= 0.3 is 0 Å². The molecule has 2 saturated heterocycles. The Hall–Kier alpha value is -0.650. The number of methoxy groups -OCH3 is 1. The van der Waals surface area contributed by atoms with E-state index in [1.807, 2.05) is 0 Å². The number of rotatable bonds is 8. The van der Waals surface area contributed by atoms with Gasteiger partial charge in [-0.05, 0) is 38.6 Å². The lowest BCUT2D eigenvalue weighted by Crippen LogP contribution is -2.58. The van der Waals surface area contributed by atoms with Gasteiger partial charge in [-0.15, -0.1) is 0 Å². The highest BCUT2D eigenvalue weighted by Gasteiger charge is 2.38. The van der Waals surface area contributed by atoms with Gasteiger partial charge < -0.3 is 15.4 Å². The van der Waals surface area contributed by atoms with Crippen LogP contribution in [-0.2, 0) is 9.53 Å². The van der Waals surface area contributed by atoms with Crippen molar-refractivity contribution in [3.8, 4) is 0 Å². The number of carbonyl (C=O) groups excluding carboxylic acids is 1. The highest BCUT2D eigenvalue weighted by atomic mass is 16.5. The number of hydrogen-bond donors (Lipinski definition) is 2. The van der Waals surface area contributed by atoms with Crippen molar-refractivity contribution in [2.24, 2.45) is 0 Å². The topological polar surface area (TPSA) is 53.6 Å². The minimum absolute atomic E-state index is 0.143. The molecule has 2 aliphatic heterocycles. The molecule has 2 rings (SSSR count). The fourth-order valence-corrected chi connectivity index (χ4v) is 3.77. The second kappa shape index (κ2) is 8.71. The average Bonchev–Trinajstić information content (AvgIpc) is 2.45. The van der Waals surface area contributed by atoms with E-state index in [9.17, 15) is 4.79 Å². The molecule has 0 aromatic heterocycles. The van der Waals surface area contributed by atoms with Gasteiger partial charge in [-0.3, -0.25) is 9.69 Å². The number of hydrogen-bond acceptors (Lipinski definition) is 4. The lowest BCUT2D eigenvalue weighted by molar-refractivity contribution is -0.125. The molecular formula is C16H31N3O2. The smallest absolute Gasteiger partial charge is 0.234 e. The minimum atomic E-state index is 0.143. The zero-order chi connectivity index (χ0) is 15.1. The third kappa shape index (κ3) is 4.94. The Morgan fingerprint density at radius 2 is 1.95 bits per heavy atom. The van der Waals surface area contributed by atoms with Crippen LogP contribution in [0.15, 0.2) is 0 Å². The summed E-state index contributed by atoms with van der Waals surface area (Å²) >= 11 is 0. The van der Waals surface area contributed by atoms with Gasteiger partial charge in [0.1, 0.15) is 0 Å². The van der Waals surface area contributed by atoms with E-state index in [2.05, 4.69) is 22.5 Å². The lowest BCUT2D eigenvalue weighted by atomic mass is 9.81. The molecular weight excluding hydrogens is 266 g/mol. The SMILES string of the molecule is CCCNC1CC2CCCC(C1)N2CC(=O)NCCOC. The summed E-state index contributed by atoms with van der Waals surface area (Å²) < 4.78 is 4.97. The summed E-state index contributed by atoms with van der Waals surface area (Å²) in [6.07, 6.45) is 7.39. The summed E-state index contributed by atoms with van der Waals surface area (Å²) in [4.78, 5) is 14.5. The number of ether oxygens (including phenoxy) is 1. The molecule has 2 N–H and O–H groups in total. The largest absolute Gasteiger partial charge is 0.383 e. The Labute approximate surface area is 128 Å². The quantitative estimate of drug-likeness (QED) is 0.660. The molecule has 2 unspecified atom stereocenters. The summed E-state index contributed by atoms with van der Waals surface area (Å²) in [6, 6.07) is 1.81. The maximum Gasteiger partial charge on any atom is 0.234 e. The van der Waals surface area contributed by atoms with Gasteiger partial charge in [0.15, 0.2) is 0 Å². The summed E-state index contributed by atoms with van der Waals surface area (Å²) in [7, 11) is 1.66. The van der Waals surface area contributed by atoms with Gasteiger partial charge in [-0.25, -0.2) is 0 Å². The molecule has 122 valence electrons. The summed E-state index contributed by atoms with van der Waals surface area (Å²) in [6.45, 7) is 5.08. The van der Waals surface area contributed by atoms with Crippen LogP contribution in [0.3, 0.4) is 0 Å². The van der Waals surface area contributed by atoms with Gasteiger partial charge in [-0.1, -0.05) is 13.3 Å². The number of carbonyl (C=O) groups is 1. The van der Waals surface area contributed by atoms with Crippen LogP contribution in [0.2, 0.25) is 0 Å². The fraction of sp³-hybridized carbons (Fsp3) is 0.938. The van der Waals surface area contributed by atoms with Crippen molar-refractivity contribution in [1.29, 1.82) is 0 Å². The van der Waals surface area contributed by atoms with E-state index in [0.29, 0.717) is 37.8 Å². The maximum absolute atomic E-state index is 12.0. The van der Waals surface area contributed by atoms with Crippen LogP contribution in [-0.4, -0.2) is 62.3 Å². The zero-order valence-electron chi connectivity index (χ0n) is 13.6. The molecule has 0 aliphatic carbocycles. The van der Waals surface area contributed by atoms with Gasteiger partial charge in [0.25, 0.3) is 0 Å². The van der Waals surface area contributed by atoms with Gasteiger partial charge in [0.2, 0.25) is 5.91 Å². The molecule has 2 atom stereocenters. The van der Waals surface area contributed by atoms with E-state index in [0.717, 1.165) is 6.54 Å². The first kappa shape index (κ1) is 16.7. The molecule has 2 fully saturated rings. The Morgan fingerprint density at radius 1 is 1.24 bits per heavy atom. The van der Waals surface area contributed by atoms with Crippen LogP contribution in [0.1, 0.15) is 45.4 Å². The first-order valence-corrected chi connectivity index (χ1v) is 8.49. The Kier molecular flexibility index (Phi) is 6.93. The van der Waals surface area contributed by atoms with E-state index in [4.69, 9.17) is 4.74 Å². The Morgan fingerprint density at radius 3 is 2.57 bits per heavy atom. The van der Waals surface area contributed by atoms with Crippen LogP contribution in [0.25, 0.3) is 0 Å². The summed E-state index contributed by atoms with van der Waals surface area (Å²) in [5.74, 6) is 0.143. The fourth-order valence-electron chi connectivity index (χ4n) is 3.77. The first-order chi connectivity index (χ1) is 10.2. The number of piperidine rings is 2. The molecule has 0 radical (unpaired) electrons. The maximum atomic E-state index is 12.0. The van der Waals surface area contributed by atoms with Gasteiger partial charge in [-0.2, -0.15) is 0 Å². The second-order valence-electron chi connectivity index (χ2n) is 6.38. The van der Waals surface area contributed by atoms with Crippen LogP contribution in [0, 0.1) is 0 Å². The first-order valence-electron chi connectivity index (χ1n) is 8.49. The molecule has 0 spiro atoms. The lowest BCUT2D eigenvalue weighted by Gasteiger charge is -2.48. The van der Waals surface area contributed by atoms with Gasteiger partial charge in [0, 0.05) is 31.8 Å². The number of amides is 1. The van der Waals surface area contributed by atoms with Crippen molar-refractivity contribution < 1.29 is 9.53 Å². The average molecular weight is 297 g/mol. The van der Waals surface area contributed by atoms with E-state index in [-0.39, 0.29) is 5.91 Å². The molecule has 0 saturated carbocycles. The molecule has 0 aromatic carbocycles. The summed E-state index contributed by atoms with van der Waals surface area (Å²) in [5.41, 5.74) is 0. The third-order valence-corrected chi connectivity index (χ3v) is 4.76. The molecule has 1 amide bonds. The van der Waals surface area contributed by atoms with Crippen molar-refractivity contribution in [2.45, 2.75) is 63.6 Å². The Balaban J connectivity index is 1.82. The predicted octanol–water partition coefficient (Wildman–Crippen LogP) is 1.13. The summed E-state index contributed by atoms with van der Waals surface area (Å²) in [5, 5.41) is 6.62. The zero-order valence-corrected chi connectivity index (χ0v) is 13.6. The number of nitrogens with zero attached hydrogens (tertiary/aromatic N) is 1. The van der Waals surface area contributed by atoms with E-state index in [1.54, 1.807) is 7.11 Å². The normalized spacial score (nSPS) is 29.3. The molecule has 0 aromatic rings. The standard InChI is InChI=1S/C16H31N3O2/c1-3-7-17-13-10-14-5-4-6-15(11-13)19(14)12-16(20)18-8-9-21-2/h13-15,17H,3-12H2,1-2H3,(H,18,20). The Bertz CT molecular complexity index is 311. The van der Waals surface area contributed by atoms with Crippen molar-refractivity contribution in [2.75, 3.05) is 33.4 Å². The number of nitrogens with one attached hydrogen (secondary N) is 2.